The molecule has 0 bridgehead atoms. The van der Waals surface area contributed by atoms with Crippen molar-refractivity contribution >= 4 is 34.7 Å². The minimum absolute atomic E-state index is 0.0686. The van der Waals surface area contributed by atoms with Gasteiger partial charge in [0, 0.05) is 15.5 Å². The van der Waals surface area contributed by atoms with E-state index in [1.165, 1.54) is 23.1 Å². The number of halogens is 1. The van der Waals surface area contributed by atoms with Crippen LogP contribution in [0, 0.1) is 0 Å². The summed E-state index contributed by atoms with van der Waals surface area (Å²) in [6.45, 7) is -0.0686. The van der Waals surface area contributed by atoms with Gasteiger partial charge in [-0.25, -0.2) is 0 Å². The summed E-state index contributed by atoms with van der Waals surface area (Å²) in [7, 11) is 0. The number of aliphatic hydroxyl groups is 1. The molecule has 2 aromatic rings. The lowest BCUT2D eigenvalue weighted by Crippen LogP contribution is -1.88. The molecule has 0 atom stereocenters. The average Bonchev–Trinajstić information content (AvgIpc) is 2.71. The van der Waals surface area contributed by atoms with E-state index in [1.54, 1.807) is 11.6 Å². The average molecular weight is 259 g/mol. The Labute approximate surface area is 100 Å². The van der Waals surface area contributed by atoms with Crippen LogP contribution in [-0.2, 0) is 6.61 Å². The molecule has 15 heavy (non-hydrogen) atoms. The third kappa shape index (κ3) is 2.49. The molecule has 0 aliphatic heterocycles. The molecule has 0 saturated carbocycles. The van der Waals surface area contributed by atoms with Crippen LogP contribution in [0.15, 0.2) is 32.9 Å². The Hall–Kier alpha value is -0.620. The Morgan fingerprint density at radius 3 is 3.00 bits per heavy atom. The zero-order valence-electron chi connectivity index (χ0n) is 7.55. The van der Waals surface area contributed by atoms with Crippen LogP contribution in [0.1, 0.15) is 5.56 Å². The first-order chi connectivity index (χ1) is 7.31. The summed E-state index contributed by atoms with van der Waals surface area (Å²) in [6.07, 6.45) is 0. The molecule has 2 rings (SSSR count). The molecule has 1 aromatic heterocycles. The number of benzene rings is 1. The van der Waals surface area contributed by atoms with E-state index in [2.05, 4.69) is 10.2 Å². The summed E-state index contributed by atoms with van der Waals surface area (Å²) in [5.74, 6) is 0. The van der Waals surface area contributed by atoms with Gasteiger partial charge in [-0.05, 0) is 12.1 Å². The van der Waals surface area contributed by atoms with Crippen molar-refractivity contribution in [2.45, 2.75) is 15.8 Å². The summed E-state index contributed by atoms with van der Waals surface area (Å²) in [6, 6.07) is 5.52. The standard InChI is InChI=1S/C9H7ClN2OS2/c10-7-2-1-3-8(6(7)4-13)15-9-12-11-5-14-9/h1-3,5,13H,4H2. The zero-order chi connectivity index (χ0) is 10.7. The second-order valence-corrected chi connectivity index (χ2v) is 5.21. The Morgan fingerprint density at radius 2 is 2.33 bits per heavy atom. The van der Waals surface area contributed by atoms with E-state index in [9.17, 15) is 5.11 Å². The van der Waals surface area contributed by atoms with Crippen molar-refractivity contribution in [3.05, 3.63) is 34.3 Å². The molecular formula is C9H7ClN2OS2. The molecule has 6 heteroatoms. The van der Waals surface area contributed by atoms with Gasteiger partial charge in [-0.1, -0.05) is 40.8 Å². The highest BCUT2D eigenvalue weighted by molar-refractivity contribution is 8.01. The molecule has 1 N–H and O–H groups in total. The number of hydrogen-bond acceptors (Lipinski definition) is 5. The molecule has 3 nitrogen and oxygen atoms in total. The number of rotatable bonds is 3. The number of hydrogen-bond donors (Lipinski definition) is 1. The Morgan fingerprint density at radius 1 is 1.47 bits per heavy atom. The third-order valence-electron chi connectivity index (χ3n) is 1.77. The lowest BCUT2D eigenvalue weighted by Gasteiger charge is -2.06. The van der Waals surface area contributed by atoms with Gasteiger partial charge < -0.3 is 5.11 Å². The Balaban J connectivity index is 2.32. The molecule has 0 radical (unpaired) electrons. The first kappa shape index (κ1) is 10.9. The molecule has 78 valence electrons. The van der Waals surface area contributed by atoms with E-state index < -0.39 is 0 Å². The molecule has 0 aliphatic carbocycles. The summed E-state index contributed by atoms with van der Waals surface area (Å²) in [4.78, 5) is 0.918. The SMILES string of the molecule is OCc1c(Cl)cccc1Sc1nncs1. The maximum absolute atomic E-state index is 9.20. The fourth-order valence-electron chi connectivity index (χ4n) is 1.09. The quantitative estimate of drug-likeness (QED) is 0.920. The number of aromatic nitrogens is 2. The van der Waals surface area contributed by atoms with Gasteiger partial charge in [0.1, 0.15) is 5.51 Å². The van der Waals surface area contributed by atoms with Gasteiger partial charge in [-0.2, -0.15) is 0 Å². The monoisotopic (exact) mass is 258 g/mol. The summed E-state index contributed by atoms with van der Waals surface area (Å²) in [5, 5.41) is 17.4. The van der Waals surface area contributed by atoms with Crippen LogP contribution in [0.3, 0.4) is 0 Å². The van der Waals surface area contributed by atoms with Crippen LogP contribution < -0.4 is 0 Å². The fraction of sp³-hybridized carbons (Fsp3) is 0.111. The van der Waals surface area contributed by atoms with Crippen molar-refractivity contribution in [1.29, 1.82) is 0 Å². The highest BCUT2D eigenvalue weighted by atomic mass is 35.5. The van der Waals surface area contributed by atoms with Crippen LogP contribution in [0.5, 0.6) is 0 Å². The van der Waals surface area contributed by atoms with Crippen LogP contribution >= 0.6 is 34.7 Å². The topological polar surface area (TPSA) is 46.0 Å². The lowest BCUT2D eigenvalue weighted by molar-refractivity contribution is 0.279. The minimum atomic E-state index is -0.0686. The van der Waals surface area contributed by atoms with E-state index in [0.29, 0.717) is 5.02 Å². The summed E-state index contributed by atoms with van der Waals surface area (Å²) < 4.78 is 0.840. The third-order valence-corrected chi connectivity index (χ3v) is 4.01. The molecule has 0 fully saturated rings. The highest BCUT2D eigenvalue weighted by Crippen LogP contribution is 2.34. The van der Waals surface area contributed by atoms with Gasteiger partial charge in [0.25, 0.3) is 0 Å². The summed E-state index contributed by atoms with van der Waals surface area (Å²) in [5.41, 5.74) is 2.41. The first-order valence-corrected chi connectivity index (χ1v) is 6.21. The van der Waals surface area contributed by atoms with Crippen LogP contribution in [0.2, 0.25) is 5.02 Å². The smallest absolute Gasteiger partial charge is 0.178 e. The van der Waals surface area contributed by atoms with Crippen LogP contribution in [-0.4, -0.2) is 15.3 Å². The van der Waals surface area contributed by atoms with Gasteiger partial charge in [-0.3, -0.25) is 0 Å². The van der Waals surface area contributed by atoms with Gasteiger partial charge in [-0.15, -0.1) is 10.2 Å². The molecule has 0 spiro atoms. The van der Waals surface area contributed by atoms with E-state index in [-0.39, 0.29) is 6.61 Å². The van der Waals surface area contributed by atoms with Crippen molar-refractivity contribution in [3.8, 4) is 0 Å². The maximum Gasteiger partial charge on any atom is 0.178 e. The molecule has 0 amide bonds. The predicted octanol–water partition coefficient (Wildman–Crippen LogP) is 2.84. The van der Waals surface area contributed by atoms with E-state index in [1.807, 2.05) is 12.1 Å². The van der Waals surface area contributed by atoms with E-state index >= 15 is 0 Å². The number of aliphatic hydroxyl groups excluding tert-OH is 1. The molecule has 0 unspecified atom stereocenters. The number of nitrogens with zero attached hydrogens (tertiary/aromatic N) is 2. The first-order valence-electron chi connectivity index (χ1n) is 4.13. The zero-order valence-corrected chi connectivity index (χ0v) is 9.94. The van der Waals surface area contributed by atoms with Gasteiger partial charge in [0.15, 0.2) is 4.34 Å². The van der Waals surface area contributed by atoms with Crippen LogP contribution in [0.4, 0.5) is 0 Å². The fourth-order valence-corrected chi connectivity index (χ4v) is 2.97. The van der Waals surface area contributed by atoms with E-state index in [4.69, 9.17) is 11.6 Å². The second kappa shape index (κ2) is 4.94. The van der Waals surface area contributed by atoms with Crippen molar-refractivity contribution in [1.82, 2.24) is 10.2 Å². The van der Waals surface area contributed by atoms with Crippen molar-refractivity contribution in [2.24, 2.45) is 0 Å². The maximum atomic E-state index is 9.20. The normalized spacial score (nSPS) is 10.5. The predicted molar refractivity (Wildman–Crippen MR) is 61.4 cm³/mol. The largest absolute Gasteiger partial charge is 0.392 e. The molecule has 0 aliphatic rings. The summed E-state index contributed by atoms with van der Waals surface area (Å²) >= 11 is 8.88. The minimum Gasteiger partial charge on any atom is -0.392 e. The highest BCUT2D eigenvalue weighted by Gasteiger charge is 2.08. The molecular weight excluding hydrogens is 252 g/mol. The van der Waals surface area contributed by atoms with Crippen molar-refractivity contribution in [2.75, 3.05) is 0 Å². The molecule has 1 aromatic carbocycles. The van der Waals surface area contributed by atoms with Gasteiger partial charge in [0.05, 0.1) is 6.61 Å². The Bertz CT molecular complexity index is 447. The van der Waals surface area contributed by atoms with Gasteiger partial charge in [0.2, 0.25) is 0 Å². The Kier molecular flexibility index (Phi) is 3.58. The molecule has 0 saturated heterocycles. The van der Waals surface area contributed by atoms with Crippen molar-refractivity contribution < 1.29 is 5.11 Å². The van der Waals surface area contributed by atoms with E-state index in [0.717, 1.165) is 14.8 Å². The van der Waals surface area contributed by atoms with Crippen molar-refractivity contribution in [3.63, 3.8) is 0 Å². The second-order valence-electron chi connectivity index (χ2n) is 2.68. The lowest BCUT2D eigenvalue weighted by atomic mass is 10.2. The van der Waals surface area contributed by atoms with Gasteiger partial charge >= 0.3 is 0 Å². The van der Waals surface area contributed by atoms with Crippen LogP contribution in [0.25, 0.3) is 0 Å². The molecule has 1 heterocycles.